The molecule has 1 atom stereocenters. The number of carboxylic acids is 1. The van der Waals surface area contributed by atoms with Crippen molar-refractivity contribution in [2.75, 3.05) is 0 Å². The monoisotopic (exact) mass is 240 g/mol. The highest BCUT2D eigenvalue weighted by atomic mass is 16.4. The van der Waals surface area contributed by atoms with E-state index in [1.54, 1.807) is 0 Å². The average Bonchev–Trinajstić information content (AvgIpc) is 2.38. The predicted octanol–water partition coefficient (Wildman–Crippen LogP) is 3.60. The molecule has 0 aromatic heterocycles. The third-order valence-corrected chi connectivity index (χ3v) is 3.14. The Bertz CT molecular complexity index is 532. The lowest BCUT2D eigenvalue weighted by molar-refractivity contribution is -0.137. The second-order valence-electron chi connectivity index (χ2n) is 4.42. The van der Waals surface area contributed by atoms with Crippen LogP contribution in [0.3, 0.4) is 0 Å². The number of carboxylic acid groups (broad SMARTS) is 1. The maximum atomic E-state index is 11.1. The minimum Gasteiger partial charge on any atom is -0.481 e. The van der Waals surface area contributed by atoms with E-state index in [1.165, 1.54) is 0 Å². The van der Waals surface area contributed by atoms with Gasteiger partial charge in [0.05, 0.1) is 6.42 Å². The minimum absolute atomic E-state index is 0.0788. The van der Waals surface area contributed by atoms with Gasteiger partial charge in [-0.2, -0.15) is 0 Å². The van der Waals surface area contributed by atoms with E-state index in [4.69, 9.17) is 5.11 Å². The van der Waals surface area contributed by atoms with Crippen LogP contribution < -0.4 is 0 Å². The van der Waals surface area contributed by atoms with Crippen LogP contribution in [0.1, 0.15) is 29.0 Å². The van der Waals surface area contributed by atoms with Crippen LogP contribution in [0.25, 0.3) is 0 Å². The van der Waals surface area contributed by atoms with Crippen LogP contribution in [-0.2, 0) is 4.79 Å². The molecule has 0 saturated heterocycles. The highest BCUT2D eigenvalue weighted by Gasteiger charge is 2.18. The smallest absolute Gasteiger partial charge is 0.304 e. The standard InChI is InChI=1S/C16H16O2/c1-12-7-5-6-10-14(12)15(11-16(17)18)13-8-3-2-4-9-13/h2-10,15H,11H2,1H3,(H,17,18)/t15-/m1/s1. The van der Waals surface area contributed by atoms with Crippen molar-refractivity contribution in [1.82, 2.24) is 0 Å². The summed E-state index contributed by atoms with van der Waals surface area (Å²) in [7, 11) is 0. The molecule has 18 heavy (non-hydrogen) atoms. The minimum atomic E-state index is -0.771. The lowest BCUT2D eigenvalue weighted by Gasteiger charge is -2.18. The Morgan fingerprint density at radius 2 is 1.67 bits per heavy atom. The van der Waals surface area contributed by atoms with Crippen molar-refractivity contribution in [2.45, 2.75) is 19.3 Å². The van der Waals surface area contributed by atoms with Crippen LogP contribution in [0, 0.1) is 6.92 Å². The summed E-state index contributed by atoms with van der Waals surface area (Å²) in [5, 5.41) is 9.10. The summed E-state index contributed by atoms with van der Waals surface area (Å²) in [5.41, 5.74) is 3.27. The van der Waals surface area contributed by atoms with E-state index in [1.807, 2.05) is 61.5 Å². The molecule has 0 aliphatic rings. The third-order valence-electron chi connectivity index (χ3n) is 3.14. The fourth-order valence-electron chi connectivity index (χ4n) is 2.25. The number of carbonyl (C=O) groups is 1. The zero-order chi connectivity index (χ0) is 13.0. The Morgan fingerprint density at radius 1 is 1.06 bits per heavy atom. The van der Waals surface area contributed by atoms with Gasteiger partial charge < -0.3 is 5.11 Å². The van der Waals surface area contributed by atoms with Gasteiger partial charge in [0.2, 0.25) is 0 Å². The number of hydrogen-bond donors (Lipinski definition) is 1. The van der Waals surface area contributed by atoms with Gasteiger partial charge in [-0.15, -0.1) is 0 Å². The van der Waals surface area contributed by atoms with Gasteiger partial charge in [-0.25, -0.2) is 0 Å². The van der Waals surface area contributed by atoms with Gasteiger partial charge in [-0.1, -0.05) is 54.6 Å². The van der Waals surface area contributed by atoms with E-state index in [2.05, 4.69) is 0 Å². The van der Waals surface area contributed by atoms with E-state index < -0.39 is 5.97 Å². The third kappa shape index (κ3) is 2.77. The van der Waals surface area contributed by atoms with Crippen LogP contribution in [-0.4, -0.2) is 11.1 Å². The SMILES string of the molecule is Cc1ccccc1[C@H](CC(=O)O)c1ccccc1. The van der Waals surface area contributed by atoms with E-state index in [9.17, 15) is 4.79 Å². The van der Waals surface area contributed by atoms with Gasteiger partial charge in [-0.05, 0) is 23.6 Å². The number of aryl methyl sites for hydroxylation is 1. The molecule has 0 aliphatic heterocycles. The lowest BCUT2D eigenvalue weighted by Crippen LogP contribution is -2.09. The molecule has 2 rings (SSSR count). The number of hydrogen-bond acceptors (Lipinski definition) is 1. The predicted molar refractivity (Wildman–Crippen MR) is 71.7 cm³/mol. The molecule has 0 fully saturated rings. The van der Waals surface area contributed by atoms with Crippen LogP contribution in [0.15, 0.2) is 54.6 Å². The summed E-state index contributed by atoms with van der Waals surface area (Å²) in [6, 6.07) is 17.8. The molecule has 0 unspecified atom stereocenters. The molecule has 2 heteroatoms. The van der Waals surface area contributed by atoms with E-state index in [-0.39, 0.29) is 12.3 Å². The molecule has 0 heterocycles. The molecule has 92 valence electrons. The van der Waals surface area contributed by atoms with Gasteiger partial charge in [-0.3, -0.25) is 4.79 Å². The highest BCUT2D eigenvalue weighted by Crippen LogP contribution is 2.29. The number of rotatable bonds is 4. The van der Waals surface area contributed by atoms with Crippen molar-refractivity contribution in [3.05, 3.63) is 71.3 Å². The summed E-state index contributed by atoms with van der Waals surface area (Å²) in [6.07, 6.45) is 0.120. The van der Waals surface area contributed by atoms with Gasteiger partial charge in [0.1, 0.15) is 0 Å². The average molecular weight is 240 g/mol. The fraction of sp³-hybridized carbons (Fsp3) is 0.188. The molecule has 2 aromatic carbocycles. The first-order valence-electron chi connectivity index (χ1n) is 6.00. The molecule has 0 amide bonds. The zero-order valence-electron chi connectivity index (χ0n) is 10.3. The first-order chi connectivity index (χ1) is 8.68. The molecule has 0 spiro atoms. The van der Waals surface area contributed by atoms with Crippen molar-refractivity contribution in [1.29, 1.82) is 0 Å². The molecule has 0 radical (unpaired) electrons. The second kappa shape index (κ2) is 5.50. The number of aliphatic carboxylic acids is 1. The van der Waals surface area contributed by atoms with Gasteiger partial charge in [0.25, 0.3) is 0 Å². The summed E-state index contributed by atoms with van der Waals surface area (Å²) >= 11 is 0. The lowest BCUT2D eigenvalue weighted by atomic mass is 9.86. The van der Waals surface area contributed by atoms with Crippen molar-refractivity contribution in [3.8, 4) is 0 Å². The van der Waals surface area contributed by atoms with Crippen LogP contribution >= 0.6 is 0 Å². The molecule has 2 aromatic rings. The molecule has 0 aliphatic carbocycles. The maximum Gasteiger partial charge on any atom is 0.304 e. The Kier molecular flexibility index (Phi) is 3.78. The maximum absolute atomic E-state index is 11.1. The summed E-state index contributed by atoms with van der Waals surface area (Å²) < 4.78 is 0. The van der Waals surface area contributed by atoms with Crippen molar-refractivity contribution >= 4 is 5.97 Å². The van der Waals surface area contributed by atoms with Gasteiger partial charge in [0, 0.05) is 5.92 Å². The van der Waals surface area contributed by atoms with E-state index in [0.717, 1.165) is 16.7 Å². The van der Waals surface area contributed by atoms with Gasteiger partial charge in [0.15, 0.2) is 0 Å². The Hall–Kier alpha value is -2.09. The molecular weight excluding hydrogens is 224 g/mol. The zero-order valence-corrected chi connectivity index (χ0v) is 10.3. The Labute approximate surface area is 107 Å². The number of benzene rings is 2. The summed E-state index contributed by atoms with van der Waals surface area (Å²) in [4.78, 5) is 11.1. The molecule has 2 nitrogen and oxygen atoms in total. The van der Waals surface area contributed by atoms with Crippen LogP contribution in [0.4, 0.5) is 0 Å². The quantitative estimate of drug-likeness (QED) is 0.886. The van der Waals surface area contributed by atoms with Crippen LogP contribution in [0.5, 0.6) is 0 Å². The first-order valence-corrected chi connectivity index (χ1v) is 6.00. The first kappa shape index (κ1) is 12.4. The topological polar surface area (TPSA) is 37.3 Å². The van der Waals surface area contributed by atoms with Gasteiger partial charge >= 0.3 is 5.97 Å². The second-order valence-corrected chi connectivity index (χ2v) is 4.42. The van der Waals surface area contributed by atoms with Crippen molar-refractivity contribution < 1.29 is 9.90 Å². The molecule has 0 saturated carbocycles. The van der Waals surface area contributed by atoms with Crippen molar-refractivity contribution in [2.24, 2.45) is 0 Å². The largest absolute Gasteiger partial charge is 0.481 e. The highest BCUT2D eigenvalue weighted by molar-refractivity contribution is 5.69. The fourth-order valence-corrected chi connectivity index (χ4v) is 2.25. The Morgan fingerprint density at radius 3 is 2.28 bits per heavy atom. The molecular formula is C16H16O2. The van der Waals surface area contributed by atoms with E-state index >= 15 is 0 Å². The van der Waals surface area contributed by atoms with E-state index in [0.29, 0.717) is 0 Å². The Balaban J connectivity index is 2.44. The summed E-state index contributed by atoms with van der Waals surface area (Å²) in [5.74, 6) is -0.850. The van der Waals surface area contributed by atoms with Crippen LogP contribution in [0.2, 0.25) is 0 Å². The van der Waals surface area contributed by atoms with Crippen molar-refractivity contribution in [3.63, 3.8) is 0 Å². The molecule has 0 bridgehead atoms. The molecule has 1 N–H and O–H groups in total. The summed E-state index contributed by atoms with van der Waals surface area (Å²) in [6.45, 7) is 2.02. The normalized spacial score (nSPS) is 12.1.